The number of hydrazine groups is 1. The van der Waals surface area contributed by atoms with E-state index in [1.54, 1.807) is 0 Å². The number of carbonyl (C=O) groups excluding carboxylic acids is 2. The highest BCUT2D eigenvalue weighted by atomic mass is 16.2. The molecule has 2 amide bonds. The Morgan fingerprint density at radius 1 is 1.06 bits per heavy atom. The summed E-state index contributed by atoms with van der Waals surface area (Å²) in [5.74, 6) is 4.73. The van der Waals surface area contributed by atoms with Crippen molar-refractivity contribution in [3.05, 3.63) is 66.3 Å². The van der Waals surface area contributed by atoms with Gasteiger partial charge in [0.2, 0.25) is 12.3 Å². The summed E-state index contributed by atoms with van der Waals surface area (Å²) in [5, 5.41) is 4.97. The first-order valence-electron chi connectivity index (χ1n) is 12.1. The van der Waals surface area contributed by atoms with E-state index in [2.05, 4.69) is 36.0 Å². The molecule has 0 fully saturated rings. The van der Waals surface area contributed by atoms with Crippen LogP contribution in [0.1, 0.15) is 66.4 Å². The number of aryl methyl sites for hydroxylation is 1. The highest BCUT2D eigenvalue weighted by Gasteiger charge is 2.00. The van der Waals surface area contributed by atoms with Crippen molar-refractivity contribution in [3.63, 3.8) is 0 Å². The molecule has 1 unspecified atom stereocenters. The third-order valence-corrected chi connectivity index (χ3v) is 3.84. The molecule has 1 rings (SSSR count). The third kappa shape index (κ3) is 29.3. The number of nitrogens with two attached hydrogens (primary N) is 2. The summed E-state index contributed by atoms with van der Waals surface area (Å²) in [7, 11) is 0. The van der Waals surface area contributed by atoms with Gasteiger partial charge in [-0.1, -0.05) is 82.7 Å². The van der Waals surface area contributed by atoms with Crippen LogP contribution in [-0.2, 0) is 16.0 Å². The number of carbonyl (C=O) groups is 2. The monoisotopic (exact) mass is 475 g/mol. The SMILES string of the molecule is CC.CCCCNN.CCc1ccc(NC(=O)CNC=O)cc1.C\C=C/C=C\C=C\CC(C)N. The molecule has 0 aliphatic rings. The zero-order chi connectivity index (χ0) is 26.5. The van der Waals surface area contributed by atoms with Gasteiger partial charge >= 0.3 is 0 Å². The molecule has 1 aromatic rings. The van der Waals surface area contributed by atoms with Crippen LogP contribution in [0, 0.1) is 0 Å². The zero-order valence-electron chi connectivity index (χ0n) is 22.1. The number of allylic oxidation sites excluding steroid dienone is 5. The minimum Gasteiger partial charge on any atom is -0.350 e. The smallest absolute Gasteiger partial charge is 0.243 e. The predicted molar refractivity (Wildman–Crippen MR) is 148 cm³/mol. The van der Waals surface area contributed by atoms with Crippen molar-refractivity contribution in [2.24, 2.45) is 11.6 Å². The van der Waals surface area contributed by atoms with Crippen LogP contribution >= 0.6 is 0 Å². The van der Waals surface area contributed by atoms with E-state index in [4.69, 9.17) is 11.6 Å². The molecule has 7 nitrogen and oxygen atoms in total. The molecule has 34 heavy (non-hydrogen) atoms. The maximum Gasteiger partial charge on any atom is 0.243 e. The molecule has 0 aromatic heterocycles. The van der Waals surface area contributed by atoms with Crippen LogP contribution < -0.4 is 27.6 Å². The second-order valence-corrected chi connectivity index (χ2v) is 6.96. The third-order valence-electron chi connectivity index (χ3n) is 3.84. The Morgan fingerprint density at radius 3 is 2.12 bits per heavy atom. The van der Waals surface area contributed by atoms with E-state index in [-0.39, 0.29) is 18.5 Å². The number of anilines is 1. The average molecular weight is 476 g/mol. The van der Waals surface area contributed by atoms with Crippen LogP contribution in [0.4, 0.5) is 5.69 Å². The fourth-order valence-electron chi connectivity index (χ4n) is 2.05. The van der Waals surface area contributed by atoms with Crippen LogP contribution in [0.3, 0.4) is 0 Å². The molecule has 0 saturated carbocycles. The quantitative estimate of drug-likeness (QED) is 0.0992. The molecule has 0 saturated heterocycles. The molecule has 1 atom stereocenters. The van der Waals surface area contributed by atoms with Gasteiger partial charge in [0.05, 0.1) is 6.54 Å². The van der Waals surface area contributed by atoms with Crippen LogP contribution in [0.25, 0.3) is 0 Å². The fraction of sp³-hybridized carbons (Fsp3) is 0.481. The summed E-state index contributed by atoms with van der Waals surface area (Å²) in [6, 6.07) is 7.88. The summed E-state index contributed by atoms with van der Waals surface area (Å²) in [4.78, 5) is 21.1. The van der Waals surface area contributed by atoms with Crippen molar-refractivity contribution < 1.29 is 9.59 Å². The van der Waals surface area contributed by atoms with Gasteiger partial charge in [-0.05, 0) is 50.8 Å². The summed E-state index contributed by atoms with van der Waals surface area (Å²) < 4.78 is 0. The van der Waals surface area contributed by atoms with Crippen molar-refractivity contribution in [1.82, 2.24) is 10.7 Å². The fourth-order valence-corrected chi connectivity index (χ4v) is 2.05. The van der Waals surface area contributed by atoms with E-state index < -0.39 is 0 Å². The number of amides is 2. The van der Waals surface area contributed by atoms with E-state index in [0.29, 0.717) is 6.41 Å². The molecule has 0 bridgehead atoms. The minimum atomic E-state index is -0.230. The van der Waals surface area contributed by atoms with E-state index in [1.165, 1.54) is 18.4 Å². The van der Waals surface area contributed by atoms with Crippen molar-refractivity contribution in [1.29, 1.82) is 0 Å². The lowest BCUT2D eigenvalue weighted by Gasteiger charge is -2.05. The molecule has 0 heterocycles. The van der Waals surface area contributed by atoms with Gasteiger partial charge in [0.1, 0.15) is 0 Å². The van der Waals surface area contributed by atoms with Gasteiger partial charge in [-0.25, -0.2) is 0 Å². The molecular weight excluding hydrogens is 426 g/mol. The summed E-state index contributed by atoms with van der Waals surface area (Å²) in [6.45, 7) is 13.1. The summed E-state index contributed by atoms with van der Waals surface area (Å²) >= 11 is 0. The van der Waals surface area contributed by atoms with E-state index in [0.717, 1.165) is 25.1 Å². The maximum atomic E-state index is 11.2. The standard InChI is InChI=1S/C11H14N2O2.C10H17N.C4H12N2.C2H6/c1-2-9-3-5-10(6-4-9)13-11(15)7-12-8-14;1-3-4-5-6-7-8-9-10(2)11;1-2-3-4-6-5;1-2/h3-6,8H,2,7H2,1H3,(H,12,14)(H,13,15);3-8,10H,9,11H2,1-2H3;6H,2-5H2,1H3;1-2H3/b;4-3-,6-5-,8-7+;;. The first-order valence-corrected chi connectivity index (χ1v) is 12.1. The highest BCUT2D eigenvalue weighted by molar-refractivity contribution is 5.93. The Hall–Kier alpha value is -2.74. The first kappa shape index (κ1) is 35.8. The van der Waals surface area contributed by atoms with Gasteiger partial charge in [-0.15, -0.1) is 0 Å². The average Bonchev–Trinajstić information content (AvgIpc) is 2.86. The summed E-state index contributed by atoms with van der Waals surface area (Å²) in [5.41, 5.74) is 10.1. The van der Waals surface area contributed by atoms with Gasteiger partial charge in [-0.3, -0.25) is 20.9 Å². The van der Waals surface area contributed by atoms with Gasteiger partial charge in [0.25, 0.3) is 0 Å². The first-order chi connectivity index (χ1) is 16.4. The Morgan fingerprint density at radius 2 is 1.68 bits per heavy atom. The van der Waals surface area contributed by atoms with E-state index in [9.17, 15) is 9.59 Å². The lowest BCUT2D eigenvalue weighted by atomic mass is 10.1. The number of nitrogens with one attached hydrogen (secondary N) is 3. The van der Waals surface area contributed by atoms with Crippen molar-refractivity contribution in [3.8, 4) is 0 Å². The maximum absolute atomic E-state index is 11.2. The minimum absolute atomic E-state index is 0.000963. The number of rotatable bonds is 12. The Bertz CT molecular complexity index is 649. The van der Waals surface area contributed by atoms with Gasteiger partial charge in [0.15, 0.2) is 0 Å². The van der Waals surface area contributed by atoms with Crippen LogP contribution in [0.15, 0.2) is 60.7 Å². The van der Waals surface area contributed by atoms with Crippen molar-refractivity contribution in [2.45, 2.75) is 73.3 Å². The lowest BCUT2D eigenvalue weighted by Crippen LogP contribution is -2.26. The van der Waals surface area contributed by atoms with Gasteiger partial charge < -0.3 is 16.4 Å². The topological polar surface area (TPSA) is 122 Å². The van der Waals surface area contributed by atoms with Crippen LogP contribution in [-0.4, -0.2) is 31.4 Å². The lowest BCUT2D eigenvalue weighted by molar-refractivity contribution is -0.118. The van der Waals surface area contributed by atoms with Crippen molar-refractivity contribution >= 4 is 18.0 Å². The predicted octanol–water partition coefficient (Wildman–Crippen LogP) is 4.62. The second kappa shape index (κ2) is 30.3. The molecule has 1 aromatic carbocycles. The molecule has 0 spiro atoms. The molecule has 0 radical (unpaired) electrons. The van der Waals surface area contributed by atoms with E-state index in [1.807, 2.05) is 82.3 Å². The Balaban J connectivity index is -0.000000445. The number of unbranched alkanes of at least 4 members (excludes halogenated alkanes) is 1. The molecule has 7 N–H and O–H groups in total. The molecule has 7 heteroatoms. The van der Waals surface area contributed by atoms with Crippen LogP contribution in [0.5, 0.6) is 0 Å². The Labute approximate surface area is 208 Å². The van der Waals surface area contributed by atoms with Gasteiger partial charge in [-0.2, -0.15) is 0 Å². The molecular formula is C27H49N5O2. The normalized spacial score (nSPS) is 10.9. The highest BCUT2D eigenvalue weighted by Crippen LogP contribution is 2.09. The number of benzene rings is 1. The van der Waals surface area contributed by atoms with Gasteiger partial charge in [0, 0.05) is 18.3 Å². The molecule has 0 aliphatic heterocycles. The zero-order valence-corrected chi connectivity index (χ0v) is 22.1. The number of hydrogen-bond donors (Lipinski definition) is 5. The summed E-state index contributed by atoms with van der Waals surface area (Å²) in [6.07, 6.45) is 16.9. The van der Waals surface area contributed by atoms with Crippen LogP contribution in [0.2, 0.25) is 0 Å². The van der Waals surface area contributed by atoms with Crippen molar-refractivity contribution in [2.75, 3.05) is 18.4 Å². The molecule has 0 aliphatic carbocycles. The largest absolute Gasteiger partial charge is 0.350 e. The second-order valence-electron chi connectivity index (χ2n) is 6.96. The Kier molecular flexibility index (Phi) is 31.9. The van der Waals surface area contributed by atoms with E-state index >= 15 is 0 Å². The number of hydrogen-bond acceptors (Lipinski definition) is 5. The molecule has 194 valence electrons.